The lowest BCUT2D eigenvalue weighted by Gasteiger charge is -2.13. The third kappa shape index (κ3) is 2.50. The SMILES string of the molecule is Cc1cc(C#N)cc(NC2CCN(C)C2)n1. The molecule has 2 rings (SSSR count). The zero-order valence-corrected chi connectivity index (χ0v) is 9.70. The second-order valence-corrected chi connectivity index (χ2v) is 4.39. The first-order valence-electron chi connectivity index (χ1n) is 5.51. The van der Waals surface area contributed by atoms with Gasteiger partial charge in [0.25, 0.3) is 0 Å². The Morgan fingerprint density at radius 1 is 1.56 bits per heavy atom. The lowest BCUT2D eigenvalue weighted by Crippen LogP contribution is -2.24. The van der Waals surface area contributed by atoms with Crippen LogP contribution in [-0.4, -0.2) is 36.1 Å². The molecule has 1 unspecified atom stereocenters. The molecule has 1 atom stereocenters. The molecule has 0 spiro atoms. The Balaban J connectivity index is 2.10. The highest BCUT2D eigenvalue weighted by Gasteiger charge is 2.19. The number of hydrogen-bond donors (Lipinski definition) is 1. The molecule has 2 heterocycles. The monoisotopic (exact) mass is 216 g/mol. The lowest BCUT2D eigenvalue weighted by atomic mass is 10.2. The van der Waals surface area contributed by atoms with Crippen LogP contribution in [0.25, 0.3) is 0 Å². The highest BCUT2D eigenvalue weighted by atomic mass is 15.2. The number of hydrogen-bond acceptors (Lipinski definition) is 4. The van der Waals surface area contributed by atoms with E-state index < -0.39 is 0 Å². The first-order valence-corrected chi connectivity index (χ1v) is 5.51. The van der Waals surface area contributed by atoms with Gasteiger partial charge in [0, 0.05) is 18.3 Å². The van der Waals surface area contributed by atoms with E-state index in [1.807, 2.05) is 13.0 Å². The average Bonchev–Trinajstić information content (AvgIpc) is 2.63. The summed E-state index contributed by atoms with van der Waals surface area (Å²) in [5, 5.41) is 12.3. The van der Waals surface area contributed by atoms with Gasteiger partial charge >= 0.3 is 0 Å². The van der Waals surface area contributed by atoms with Gasteiger partial charge in [-0.2, -0.15) is 5.26 Å². The molecule has 0 radical (unpaired) electrons. The molecule has 4 nitrogen and oxygen atoms in total. The molecule has 1 saturated heterocycles. The number of anilines is 1. The number of rotatable bonds is 2. The Hall–Kier alpha value is -1.60. The van der Waals surface area contributed by atoms with Crippen LogP contribution in [0.1, 0.15) is 17.7 Å². The van der Waals surface area contributed by atoms with E-state index in [1.165, 1.54) is 0 Å². The van der Waals surface area contributed by atoms with Crippen LogP contribution in [0.5, 0.6) is 0 Å². The minimum Gasteiger partial charge on any atom is -0.366 e. The number of aromatic nitrogens is 1. The van der Waals surface area contributed by atoms with Gasteiger partial charge in [-0.15, -0.1) is 0 Å². The topological polar surface area (TPSA) is 52.0 Å². The van der Waals surface area contributed by atoms with Crippen molar-refractivity contribution in [3.05, 3.63) is 23.4 Å². The van der Waals surface area contributed by atoms with Gasteiger partial charge in [0.1, 0.15) is 5.82 Å². The number of nitrogens with one attached hydrogen (secondary N) is 1. The van der Waals surface area contributed by atoms with Crippen molar-refractivity contribution < 1.29 is 0 Å². The summed E-state index contributed by atoms with van der Waals surface area (Å²) in [6.45, 7) is 4.07. The molecule has 84 valence electrons. The smallest absolute Gasteiger partial charge is 0.127 e. The van der Waals surface area contributed by atoms with Gasteiger partial charge in [0.05, 0.1) is 11.6 Å². The maximum Gasteiger partial charge on any atom is 0.127 e. The van der Waals surface area contributed by atoms with E-state index in [1.54, 1.807) is 6.07 Å². The van der Waals surface area contributed by atoms with E-state index in [0.29, 0.717) is 11.6 Å². The van der Waals surface area contributed by atoms with Crippen LogP contribution < -0.4 is 5.32 Å². The van der Waals surface area contributed by atoms with E-state index in [2.05, 4.69) is 28.3 Å². The standard InChI is InChI=1S/C12H16N4/c1-9-5-10(7-13)6-12(14-9)15-11-3-4-16(2)8-11/h5-6,11H,3-4,8H2,1-2H3,(H,14,15). The minimum absolute atomic E-state index is 0.450. The molecule has 0 aromatic carbocycles. The fourth-order valence-electron chi connectivity index (χ4n) is 2.07. The van der Waals surface area contributed by atoms with Crippen molar-refractivity contribution >= 4 is 5.82 Å². The van der Waals surface area contributed by atoms with Gasteiger partial charge in [-0.25, -0.2) is 4.98 Å². The predicted octanol–water partition coefficient (Wildman–Crippen LogP) is 1.38. The molecule has 0 bridgehead atoms. The molecule has 0 saturated carbocycles. The van der Waals surface area contributed by atoms with Crippen LogP contribution >= 0.6 is 0 Å². The second-order valence-electron chi connectivity index (χ2n) is 4.39. The summed E-state index contributed by atoms with van der Waals surface area (Å²) < 4.78 is 0. The predicted molar refractivity (Wildman–Crippen MR) is 63.2 cm³/mol. The van der Waals surface area contributed by atoms with Crippen LogP contribution in [0, 0.1) is 18.3 Å². The zero-order valence-electron chi connectivity index (χ0n) is 9.70. The Bertz CT molecular complexity index is 422. The minimum atomic E-state index is 0.450. The van der Waals surface area contributed by atoms with Crippen molar-refractivity contribution in [3.63, 3.8) is 0 Å². The first kappa shape index (κ1) is 10.9. The molecule has 1 aromatic heterocycles. The van der Waals surface area contributed by atoms with Gasteiger partial charge < -0.3 is 10.2 Å². The highest BCUT2D eigenvalue weighted by Crippen LogP contribution is 2.15. The number of likely N-dealkylation sites (tertiary alicyclic amines) is 1. The quantitative estimate of drug-likeness (QED) is 0.811. The van der Waals surface area contributed by atoms with Gasteiger partial charge in [-0.05, 0) is 39.1 Å². The molecular weight excluding hydrogens is 200 g/mol. The van der Waals surface area contributed by atoms with Crippen LogP contribution in [0.15, 0.2) is 12.1 Å². The summed E-state index contributed by atoms with van der Waals surface area (Å²) in [4.78, 5) is 6.68. The Labute approximate surface area is 95.9 Å². The largest absolute Gasteiger partial charge is 0.366 e. The van der Waals surface area contributed by atoms with Crippen molar-refractivity contribution in [2.75, 3.05) is 25.5 Å². The van der Waals surface area contributed by atoms with Crippen molar-refractivity contribution in [2.45, 2.75) is 19.4 Å². The molecule has 1 N–H and O–H groups in total. The number of pyridine rings is 1. The van der Waals surface area contributed by atoms with Crippen molar-refractivity contribution in [2.24, 2.45) is 0 Å². The van der Waals surface area contributed by atoms with Crippen molar-refractivity contribution in [1.82, 2.24) is 9.88 Å². The van der Waals surface area contributed by atoms with E-state index in [4.69, 9.17) is 5.26 Å². The molecular formula is C12H16N4. The Morgan fingerprint density at radius 3 is 3.00 bits per heavy atom. The summed E-state index contributed by atoms with van der Waals surface area (Å²) >= 11 is 0. The van der Waals surface area contributed by atoms with Gasteiger partial charge in [-0.1, -0.05) is 0 Å². The molecule has 0 aliphatic carbocycles. The summed E-state index contributed by atoms with van der Waals surface area (Å²) in [5.74, 6) is 0.817. The molecule has 4 heteroatoms. The van der Waals surface area contributed by atoms with E-state index in [9.17, 15) is 0 Å². The highest BCUT2D eigenvalue weighted by molar-refractivity contribution is 5.45. The second kappa shape index (κ2) is 4.50. The van der Waals surface area contributed by atoms with Gasteiger partial charge in [-0.3, -0.25) is 0 Å². The fourth-order valence-corrected chi connectivity index (χ4v) is 2.07. The summed E-state index contributed by atoms with van der Waals surface area (Å²) in [7, 11) is 2.12. The summed E-state index contributed by atoms with van der Waals surface area (Å²) in [6.07, 6.45) is 1.13. The van der Waals surface area contributed by atoms with Crippen molar-refractivity contribution in [1.29, 1.82) is 5.26 Å². The number of nitriles is 1. The first-order chi connectivity index (χ1) is 7.67. The molecule has 1 aliphatic heterocycles. The molecule has 1 aromatic rings. The average molecular weight is 216 g/mol. The summed E-state index contributed by atoms with van der Waals surface area (Å²) in [5.41, 5.74) is 1.55. The number of aryl methyl sites for hydroxylation is 1. The van der Waals surface area contributed by atoms with Gasteiger partial charge in [0.15, 0.2) is 0 Å². The van der Waals surface area contributed by atoms with E-state index >= 15 is 0 Å². The van der Waals surface area contributed by atoms with Crippen LogP contribution in [-0.2, 0) is 0 Å². The van der Waals surface area contributed by atoms with E-state index in [-0.39, 0.29) is 0 Å². The lowest BCUT2D eigenvalue weighted by molar-refractivity contribution is 0.414. The molecule has 1 fully saturated rings. The van der Waals surface area contributed by atoms with Crippen LogP contribution in [0.2, 0.25) is 0 Å². The number of nitrogens with zero attached hydrogens (tertiary/aromatic N) is 3. The van der Waals surface area contributed by atoms with Crippen LogP contribution in [0.3, 0.4) is 0 Å². The number of likely N-dealkylation sites (N-methyl/N-ethyl adjacent to an activating group) is 1. The normalized spacial score (nSPS) is 20.7. The zero-order chi connectivity index (χ0) is 11.5. The maximum atomic E-state index is 8.88. The van der Waals surface area contributed by atoms with Gasteiger partial charge in [0.2, 0.25) is 0 Å². The Morgan fingerprint density at radius 2 is 2.38 bits per heavy atom. The Kier molecular flexibility index (Phi) is 3.07. The third-order valence-corrected chi connectivity index (χ3v) is 2.83. The molecule has 16 heavy (non-hydrogen) atoms. The maximum absolute atomic E-state index is 8.88. The fraction of sp³-hybridized carbons (Fsp3) is 0.500. The summed E-state index contributed by atoms with van der Waals surface area (Å²) in [6, 6.07) is 6.21. The molecule has 0 amide bonds. The van der Waals surface area contributed by atoms with E-state index in [0.717, 1.165) is 31.0 Å². The third-order valence-electron chi connectivity index (χ3n) is 2.83. The van der Waals surface area contributed by atoms with Crippen molar-refractivity contribution in [3.8, 4) is 6.07 Å². The van der Waals surface area contributed by atoms with Crippen LogP contribution in [0.4, 0.5) is 5.82 Å². The molecule has 1 aliphatic rings.